The Kier molecular flexibility index (Phi) is 4.45. The summed E-state index contributed by atoms with van der Waals surface area (Å²) in [6, 6.07) is 5.75. The molecule has 1 atom stereocenters. The van der Waals surface area contributed by atoms with Gasteiger partial charge >= 0.3 is 0 Å². The number of benzene rings is 1. The van der Waals surface area contributed by atoms with Crippen molar-refractivity contribution in [1.29, 1.82) is 0 Å². The maximum absolute atomic E-state index is 12.4. The Morgan fingerprint density at radius 3 is 2.56 bits per heavy atom. The van der Waals surface area contributed by atoms with Gasteiger partial charge < -0.3 is 10.6 Å². The zero-order valence-corrected chi connectivity index (χ0v) is 13.4. The van der Waals surface area contributed by atoms with Crippen LogP contribution in [0.2, 0.25) is 0 Å². The molecule has 0 spiro atoms. The fourth-order valence-electron chi connectivity index (χ4n) is 2.12. The number of anilines is 1. The summed E-state index contributed by atoms with van der Waals surface area (Å²) in [4.78, 5) is 12.4. The normalized spacial score (nSPS) is 23.7. The smallest absolute Gasteiger partial charge is 0.244 e. The van der Waals surface area contributed by atoms with Gasteiger partial charge in [-0.1, -0.05) is 6.07 Å². The van der Waals surface area contributed by atoms with Crippen molar-refractivity contribution in [3.05, 3.63) is 27.1 Å². The molecule has 1 heterocycles. The number of hydrogen-bond donors (Lipinski definition) is 2. The summed E-state index contributed by atoms with van der Waals surface area (Å²) < 4.78 is 1.76. The second kappa shape index (κ2) is 5.72. The molecule has 1 unspecified atom stereocenters. The van der Waals surface area contributed by atoms with E-state index in [4.69, 9.17) is 0 Å². The predicted octanol–water partition coefficient (Wildman–Crippen LogP) is 3.68. The zero-order chi connectivity index (χ0) is 13.2. The lowest BCUT2D eigenvalue weighted by molar-refractivity contribution is -0.122. The summed E-state index contributed by atoms with van der Waals surface area (Å²) in [5, 5.41) is 6.31. The SMILES string of the molecule is CC1(C(=O)Nc2c(Br)cccc2Br)CCCCN1. The van der Waals surface area contributed by atoms with Gasteiger partial charge in [0.15, 0.2) is 0 Å². The van der Waals surface area contributed by atoms with Gasteiger partial charge in [-0.15, -0.1) is 0 Å². The van der Waals surface area contributed by atoms with E-state index in [0.717, 1.165) is 40.4 Å². The Labute approximate surface area is 124 Å². The third-order valence-corrected chi connectivity index (χ3v) is 4.64. The Morgan fingerprint density at radius 1 is 1.33 bits per heavy atom. The van der Waals surface area contributed by atoms with E-state index in [1.165, 1.54) is 0 Å². The van der Waals surface area contributed by atoms with E-state index >= 15 is 0 Å². The van der Waals surface area contributed by atoms with Crippen molar-refractivity contribution in [2.24, 2.45) is 0 Å². The van der Waals surface area contributed by atoms with Gasteiger partial charge in [0, 0.05) is 8.95 Å². The molecular formula is C13H16Br2N2O. The Balaban J connectivity index is 2.16. The van der Waals surface area contributed by atoms with Gasteiger partial charge in [0.05, 0.1) is 11.2 Å². The minimum atomic E-state index is -0.465. The number of rotatable bonds is 2. The summed E-state index contributed by atoms with van der Waals surface area (Å²) in [5.74, 6) is 0.0230. The van der Waals surface area contributed by atoms with E-state index in [0.29, 0.717) is 0 Å². The third kappa shape index (κ3) is 2.95. The lowest BCUT2D eigenvalue weighted by Gasteiger charge is -2.33. The van der Waals surface area contributed by atoms with Crippen LogP contribution < -0.4 is 10.6 Å². The molecule has 1 aromatic carbocycles. The number of piperidine rings is 1. The maximum atomic E-state index is 12.4. The van der Waals surface area contributed by atoms with Crippen molar-refractivity contribution in [2.75, 3.05) is 11.9 Å². The zero-order valence-electron chi connectivity index (χ0n) is 10.2. The molecule has 3 nitrogen and oxygen atoms in total. The van der Waals surface area contributed by atoms with Gasteiger partial charge in [0.25, 0.3) is 0 Å². The molecule has 1 fully saturated rings. The van der Waals surface area contributed by atoms with Crippen LogP contribution in [0.25, 0.3) is 0 Å². The number of halogens is 2. The maximum Gasteiger partial charge on any atom is 0.244 e. The van der Waals surface area contributed by atoms with Crippen LogP contribution >= 0.6 is 31.9 Å². The lowest BCUT2D eigenvalue weighted by atomic mass is 9.90. The van der Waals surface area contributed by atoms with Crippen LogP contribution in [0.3, 0.4) is 0 Å². The second-order valence-corrected chi connectivity index (χ2v) is 6.48. The van der Waals surface area contributed by atoms with Crippen LogP contribution in [0, 0.1) is 0 Å². The monoisotopic (exact) mass is 374 g/mol. The average molecular weight is 376 g/mol. The molecule has 0 saturated carbocycles. The Morgan fingerprint density at radius 2 is 2.00 bits per heavy atom. The van der Waals surface area contributed by atoms with Crippen molar-refractivity contribution in [1.82, 2.24) is 5.32 Å². The molecule has 2 N–H and O–H groups in total. The summed E-state index contributed by atoms with van der Waals surface area (Å²) in [5.41, 5.74) is 0.323. The summed E-state index contributed by atoms with van der Waals surface area (Å²) in [6.45, 7) is 2.87. The fourth-order valence-corrected chi connectivity index (χ4v) is 3.32. The highest BCUT2D eigenvalue weighted by Crippen LogP contribution is 2.32. The molecule has 1 saturated heterocycles. The Hall–Kier alpha value is -0.390. The molecule has 2 rings (SSSR count). The minimum Gasteiger partial charge on any atom is -0.323 e. The van der Waals surface area contributed by atoms with Crippen LogP contribution in [-0.4, -0.2) is 18.0 Å². The predicted molar refractivity (Wildman–Crippen MR) is 80.7 cm³/mol. The van der Waals surface area contributed by atoms with E-state index in [1.54, 1.807) is 0 Å². The first kappa shape index (κ1) is 14.0. The van der Waals surface area contributed by atoms with E-state index < -0.39 is 5.54 Å². The van der Waals surface area contributed by atoms with Gasteiger partial charge in [0.2, 0.25) is 5.91 Å². The molecule has 0 aliphatic carbocycles. The fraction of sp³-hybridized carbons (Fsp3) is 0.462. The van der Waals surface area contributed by atoms with Crippen LogP contribution in [0.15, 0.2) is 27.1 Å². The topological polar surface area (TPSA) is 41.1 Å². The molecule has 18 heavy (non-hydrogen) atoms. The highest BCUT2D eigenvalue weighted by Gasteiger charge is 2.34. The molecular weight excluding hydrogens is 360 g/mol. The molecule has 0 aromatic heterocycles. The van der Waals surface area contributed by atoms with Crippen LogP contribution in [-0.2, 0) is 4.79 Å². The molecule has 1 aliphatic heterocycles. The van der Waals surface area contributed by atoms with E-state index in [-0.39, 0.29) is 5.91 Å². The molecule has 1 amide bonds. The molecule has 98 valence electrons. The average Bonchev–Trinajstić information content (AvgIpc) is 2.34. The van der Waals surface area contributed by atoms with E-state index in [2.05, 4.69) is 42.5 Å². The standard InChI is InChI=1S/C13H16Br2N2O/c1-13(7-2-3-8-16-13)12(18)17-11-9(14)5-4-6-10(11)15/h4-6,16H,2-3,7-8H2,1H3,(H,17,18). The lowest BCUT2D eigenvalue weighted by Crippen LogP contribution is -2.54. The van der Waals surface area contributed by atoms with Gasteiger partial charge in [-0.3, -0.25) is 4.79 Å². The van der Waals surface area contributed by atoms with Crippen molar-refractivity contribution in [3.8, 4) is 0 Å². The second-order valence-electron chi connectivity index (χ2n) is 4.77. The highest BCUT2D eigenvalue weighted by molar-refractivity contribution is 9.11. The van der Waals surface area contributed by atoms with Crippen LogP contribution in [0.4, 0.5) is 5.69 Å². The van der Waals surface area contributed by atoms with Crippen molar-refractivity contribution in [2.45, 2.75) is 31.7 Å². The first-order chi connectivity index (χ1) is 8.53. The van der Waals surface area contributed by atoms with Gasteiger partial charge in [-0.2, -0.15) is 0 Å². The number of amides is 1. The number of carbonyl (C=O) groups excluding carboxylic acids is 1. The number of para-hydroxylation sites is 1. The van der Waals surface area contributed by atoms with Crippen molar-refractivity contribution < 1.29 is 4.79 Å². The summed E-state index contributed by atoms with van der Waals surface area (Å²) in [7, 11) is 0. The van der Waals surface area contributed by atoms with Crippen LogP contribution in [0.1, 0.15) is 26.2 Å². The number of carbonyl (C=O) groups is 1. The van der Waals surface area contributed by atoms with Crippen molar-refractivity contribution >= 4 is 43.5 Å². The van der Waals surface area contributed by atoms with Gasteiger partial charge in [-0.05, 0) is 76.7 Å². The number of hydrogen-bond acceptors (Lipinski definition) is 2. The first-order valence-electron chi connectivity index (χ1n) is 6.03. The Bertz CT molecular complexity index is 436. The molecule has 0 radical (unpaired) electrons. The largest absolute Gasteiger partial charge is 0.323 e. The summed E-state index contributed by atoms with van der Waals surface area (Å²) in [6.07, 6.45) is 3.11. The van der Waals surface area contributed by atoms with E-state index in [1.807, 2.05) is 25.1 Å². The molecule has 5 heteroatoms. The van der Waals surface area contributed by atoms with Crippen molar-refractivity contribution in [3.63, 3.8) is 0 Å². The number of nitrogens with one attached hydrogen (secondary N) is 2. The van der Waals surface area contributed by atoms with Gasteiger partial charge in [-0.25, -0.2) is 0 Å². The highest BCUT2D eigenvalue weighted by atomic mass is 79.9. The first-order valence-corrected chi connectivity index (χ1v) is 7.62. The summed E-state index contributed by atoms with van der Waals surface area (Å²) >= 11 is 6.90. The molecule has 0 bridgehead atoms. The third-order valence-electron chi connectivity index (χ3n) is 3.32. The molecule has 1 aromatic rings. The molecule has 1 aliphatic rings. The van der Waals surface area contributed by atoms with Crippen LogP contribution in [0.5, 0.6) is 0 Å². The van der Waals surface area contributed by atoms with Gasteiger partial charge in [0.1, 0.15) is 0 Å². The quantitative estimate of drug-likeness (QED) is 0.827. The van der Waals surface area contributed by atoms with E-state index in [9.17, 15) is 4.79 Å². The minimum absolute atomic E-state index is 0.0230.